The van der Waals surface area contributed by atoms with Crippen molar-refractivity contribution in [1.29, 1.82) is 0 Å². The molecular formula is C11H14BrNS. The van der Waals surface area contributed by atoms with Gasteiger partial charge in [0.2, 0.25) is 0 Å². The maximum Gasteiger partial charge on any atom is 0.0373 e. The number of aryl methyl sites for hydroxylation is 1. The van der Waals surface area contributed by atoms with E-state index in [1.165, 1.54) is 29.2 Å². The average molecular weight is 272 g/mol. The molecule has 2 rings (SSSR count). The number of rotatable bonds is 2. The third-order valence-corrected chi connectivity index (χ3v) is 4.13. The van der Waals surface area contributed by atoms with Crippen LogP contribution < -0.4 is 5.32 Å². The average Bonchev–Trinajstić information content (AvgIpc) is 2.62. The van der Waals surface area contributed by atoms with Gasteiger partial charge in [0, 0.05) is 22.0 Å². The molecule has 1 heterocycles. The van der Waals surface area contributed by atoms with Crippen molar-refractivity contribution in [1.82, 2.24) is 0 Å². The second kappa shape index (κ2) is 4.58. The van der Waals surface area contributed by atoms with Gasteiger partial charge in [0.25, 0.3) is 0 Å². The van der Waals surface area contributed by atoms with E-state index in [1.54, 1.807) is 0 Å². The van der Waals surface area contributed by atoms with Crippen molar-refractivity contribution >= 4 is 33.4 Å². The molecular weight excluding hydrogens is 258 g/mol. The summed E-state index contributed by atoms with van der Waals surface area (Å²) in [6.07, 6.45) is 1.29. The van der Waals surface area contributed by atoms with E-state index in [9.17, 15) is 0 Å². The molecule has 76 valence electrons. The minimum absolute atomic E-state index is 0.667. The van der Waals surface area contributed by atoms with E-state index in [0.29, 0.717) is 6.04 Å². The number of halogens is 1. The summed E-state index contributed by atoms with van der Waals surface area (Å²) in [6, 6.07) is 7.07. The van der Waals surface area contributed by atoms with Crippen LogP contribution in [-0.4, -0.2) is 17.5 Å². The van der Waals surface area contributed by atoms with Crippen LogP contribution in [0.1, 0.15) is 12.0 Å². The largest absolute Gasteiger partial charge is 0.381 e. The summed E-state index contributed by atoms with van der Waals surface area (Å²) >= 11 is 5.52. The molecule has 0 amide bonds. The second-order valence-corrected chi connectivity index (χ2v) is 5.73. The summed E-state index contributed by atoms with van der Waals surface area (Å²) in [4.78, 5) is 0. The van der Waals surface area contributed by atoms with Gasteiger partial charge < -0.3 is 5.32 Å². The first-order valence-corrected chi connectivity index (χ1v) is 6.81. The van der Waals surface area contributed by atoms with E-state index >= 15 is 0 Å². The Balaban J connectivity index is 2.08. The highest BCUT2D eigenvalue weighted by Gasteiger charge is 2.15. The molecule has 0 aliphatic carbocycles. The first-order valence-electron chi connectivity index (χ1n) is 4.86. The van der Waals surface area contributed by atoms with Crippen LogP contribution in [0, 0.1) is 6.92 Å². The Hall–Kier alpha value is -0.150. The van der Waals surface area contributed by atoms with Crippen molar-refractivity contribution < 1.29 is 0 Å². The molecule has 1 saturated heterocycles. The van der Waals surface area contributed by atoms with Gasteiger partial charge in [-0.05, 0) is 42.9 Å². The van der Waals surface area contributed by atoms with Gasteiger partial charge in [-0.1, -0.05) is 15.9 Å². The quantitative estimate of drug-likeness (QED) is 0.881. The number of hydrogen-bond acceptors (Lipinski definition) is 2. The number of benzene rings is 1. The fourth-order valence-electron chi connectivity index (χ4n) is 1.66. The van der Waals surface area contributed by atoms with Gasteiger partial charge >= 0.3 is 0 Å². The Labute approximate surface area is 97.8 Å². The zero-order valence-corrected chi connectivity index (χ0v) is 10.6. The topological polar surface area (TPSA) is 12.0 Å². The third kappa shape index (κ3) is 2.45. The molecule has 1 fully saturated rings. The molecule has 1 aromatic rings. The van der Waals surface area contributed by atoms with Gasteiger partial charge in [-0.15, -0.1) is 0 Å². The Morgan fingerprint density at radius 2 is 2.36 bits per heavy atom. The van der Waals surface area contributed by atoms with Crippen molar-refractivity contribution in [2.75, 3.05) is 16.8 Å². The molecule has 14 heavy (non-hydrogen) atoms. The molecule has 1 aromatic carbocycles. The van der Waals surface area contributed by atoms with Crippen molar-refractivity contribution in [3.63, 3.8) is 0 Å². The van der Waals surface area contributed by atoms with Crippen LogP contribution in [-0.2, 0) is 0 Å². The molecule has 3 heteroatoms. The van der Waals surface area contributed by atoms with Gasteiger partial charge in [-0.2, -0.15) is 11.8 Å². The predicted molar refractivity (Wildman–Crippen MR) is 68.2 cm³/mol. The van der Waals surface area contributed by atoms with Crippen molar-refractivity contribution in [2.45, 2.75) is 19.4 Å². The molecule has 1 N–H and O–H groups in total. The highest BCUT2D eigenvalue weighted by atomic mass is 79.9. The predicted octanol–water partition coefficient (Wildman–Crippen LogP) is 3.67. The van der Waals surface area contributed by atoms with E-state index in [2.05, 4.69) is 46.4 Å². The standard InChI is InChI=1S/C11H14BrNS/c1-8-6-9(12)2-3-11(8)13-10-4-5-14-7-10/h2-3,6,10,13H,4-5,7H2,1H3/t10-/m0/s1. The summed E-state index contributed by atoms with van der Waals surface area (Å²) in [5, 5.41) is 3.59. The third-order valence-electron chi connectivity index (χ3n) is 2.48. The number of anilines is 1. The van der Waals surface area contributed by atoms with Crippen LogP contribution in [0.3, 0.4) is 0 Å². The van der Waals surface area contributed by atoms with E-state index in [0.717, 1.165) is 4.47 Å². The zero-order chi connectivity index (χ0) is 9.97. The Morgan fingerprint density at radius 3 is 3.00 bits per heavy atom. The summed E-state index contributed by atoms with van der Waals surface area (Å²) in [7, 11) is 0. The summed E-state index contributed by atoms with van der Waals surface area (Å²) in [5.74, 6) is 2.54. The van der Waals surface area contributed by atoms with Crippen LogP contribution in [0.5, 0.6) is 0 Å². The first-order chi connectivity index (χ1) is 6.75. The van der Waals surface area contributed by atoms with Crippen LogP contribution in [0.25, 0.3) is 0 Å². The lowest BCUT2D eigenvalue weighted by Gasteiger charge is -2.15. The first kappa shape index (κ1) is 10.4. The fourth-order valence-corrected chi connectivity index (χ4v) is 3.29. The molecule has 0 unspecified atom stereocenters. The molecule has 0 aromatic heterocycles. The number of nitrogens with one attached hydrogen (secondary N) is 1. The number of hydrogen-bond donors (Lipinski definition) is 1. The minimum Gasteiger partial charge on any atom is -0.381 e. The smallest absolute Gasteiger partial charge is 0.0373 e. The normalized spacial score (nSPS) is 21.1. The lowest BCUT2D eigenvalue weighted by Crippen LogP contribution is -2.18. The van der Waals surface area contributed by atoms with Crippen LogP contribution >= 0.6 is 27.7 Å². The lowest BCUT2D eigenvalue weighted by atomic mass is 10.1. The van der Waals surface area contributed by atoms with Gasteiger partial charge in [-0.25, -0.2) is 0 Å². The summed E-state index contributed by atoms with van der Waals surface area (Å²) < 4.78 is 1.15. The van der Waals surface area contributed by atoms with E-state index < -0.39 is 0 Å². The molecule has 0 bridgehead atoms. The second-order valence-electron chi connectivity index (χ2n) is 3.66. The lowest BCUT2D eigenvalue weighted by molar-refractivity contribution is 0.812. The monoisotopic (exact) mass is 271 g/mol. The SMILES string of the molecule is Cc1cc(Br)ccc1N[C@H]1CCSC1. The Bertz CT molecular complexity index is 321. The van der Waals surface area contributed by atoms with Crippen LogP contribution in [0.4, 0.5) is 5.69 Å². The molecule has 0 spiro atoms. The molecule has 0 radical (unpaired) electrons. The highest BCUT2D eigenvalue weighted by molar-refractivity contribution is 9.10. The van der Waals surface area contributed by atoms with Crippen LogP contribution in [0.2, 0.25) is 0 Å². The fraction of sp³-hybridized carbons (Fsp3) is 0.455. The highest BCUT2D eigenvalue weighted by Crippen LogP contribution is 2.25. The molecule has 1 nitrogen and oxygen atoms in total. The zero-order valence-electron chi connectivity index (χ0n) is 8.22. The van der Waals surface area contributed by atoms with Crippen LogP contribution in [0.15, 0.2) is 22.7 Å². The number of thioether (sulfide) groups is 1. The van der Waals surface area contributed by atoms with Crippen molar-refractivity contribution in [2.24, 2.45) is 0 Å². The molecule has 1 aliphatic rings. The van der Waals surface area contributed by atoms with E-state index in [1.807, 2.05) is 11.8 Å². The van der Waals surface area contributed by atoms with Crippen molar-refractivity contribution in [3.8, 4) is 0 Å². The molecule has 1 aliphatic heterocycles. The minimum atomic E-state index is 0.667. The summed E-state index contributed by atoms with van der Waals surface area (Å²) in [5.41, 5.74) is 2.59. The van der Waals surface area contributed by atoms with Gasteiger partial charge in [0.05, 0.1) is 0 Å². The summed E-state index contributed by atoms with van der Waals surface area (Å²) in [6.45, 7) is 2.15. The maximum absolute atomic E-state index is 3.59. The molecule has 0 saturated carbocycles. The van der Waals surface area contributed by atoms with Gasteiger partial charge in [0.1, 0.15) is 0 Å². The van der Waals surface area contributed by atoms with E-state index in [-0.39, 0.29) is 0 Å². The Morgan fingerprint density at radius 1 is 1.50 bits per heavy atom. The van der Waals surface area contributed by atoms with Gasteiger partial charge in [0.15, 0.2) is 0 Å². The van der Waals surface area contributed by atoms with Crippen molar-refractivity contribution in [3.05, 3.63) is 28.2 Å². The maximum atomic E-state index is 3.59. The van der Waals surface area contributed by atoms with E-state index in [4.69, 9.17) is 0 Å². The Kier molecular flexibility index (Phi) is 3.39. The molecule has 1 atom stereocenters. The van der Waals surface area contributed by atoms with Gasteiger partial charge in [-0.3, -0.25) is 0 Å².